The molecule has 2 N–H and O–H groups in total. The van der Waals surface area contributed by atoms with Crippen LogP contribution >= 0.6 is 0 Å². The maximum atomic E-state index is 11.5. The third-order valence-electron chi connectivity index (χ3n) is 4.99. The van der Waals surface area contributed by atoms with Crippen LogP contribution in [0, 0.1) is 5.41 Å². The van der Waals surface area contributed by atoms with Crippen molar-refractivity contribution in [3.8, 4) is 0 Å². The third kappa shape index (κ3) is 5.06. The summed E-state index contributed by atoms with van der Waals surface area (Å²) in [5.74, 6) is -0.311. The first-order valence-corrected chi connectivity index (χ1v) is 7.93. The Balaban J connectivity index is 2.18. The van der Waals surface area contributed by atoms with Crippen molar-refractivity contribution in [3.63, 3.8) is 0 Å². The molecule has 0 bridgehead atoms. The first-order chi connectivity index (χ1) is 9.33. The highest BCUT2D eigenvalue weighted by Crippen LogP contribution is 2.33. The third-order valence-corrected chi connectivity index (χ3v) is 4.99. The molecule has 0 spiro atoms. The molecule has 0 aliphatic carbocycles. The number of nitrogens with two attached hydrogens (primary N) is 1. The lowest BCUT2D eigenvalue weighted by Crippen LogP contribution is -2.45. The van der Waals surface area contributed by atoms with Crippen molar-refractivity contribution in [2.45, 2.75) is 64.8 Å². The fourth-order valence-electron chi connectivity index (χ4n) is 2.83. The number of methoxy groups -OCH3 is 1. The second-order valence-corrected chi connectivity index (χ2v) is 6.87. The van der Waals surface area contributed by atoms with Gasteiger partial charge in [-0.3, -0.25) is 4.79 Å². The van der Waals surface area contributed by atoms with E-state index >= 15 is 0 Å². The van der Waals surface area contributed by atoms with E-state index in [1.54, 1.807) is 6.92 Å². The van der Waals surface area contributed by atoms with E-state index in [9.17, 15) is 4.79 Å². The van der Waals surface area contributed by atoms with Crippen LogP contribution in [0.4, 0.5) is 0 Å². The molecule has 118 valence electrons. The Morgan fingerprint density at radius 2 is 1.95 bits per heavy atom. The lowest BCUT2D eigenvalue weighted by Gasteiger charge is -2.39. The summed E-state index contributed by atoms with van der Waals surface area (Å²) in [5.41, 5.74) is 5.67. The topological polar surface area (TPSA) is 55.6 Å². The monoisotopic (exact) mass is 284 g/mol. The Hall–Kier alpha value is -0.610. The molecule has 0 aromatic heterocycles. The first-order valence-electron chi connectivity index (χ1n) is 7.93. The molecular weight excluding hydrogens is 252 g/mol. The molecule has 20 heavy (non-hydrogen) atoms. The molecule has 1 fully saturated rings. The summed E-state index contributed by atoms with van der Waals surface area (Å²) in [7, 11) is 1.39. The zero-order valence-electron chi connectivity index (χ0n) is 13.7. The maximum Gasteiger partial charge on any atom is 0.325 e. The van der Waals surface area contributed by atoms with Gasteiger partial charge in [-0.15, -0.1) is 0 Å². The quantitative estimate of drug-likeness (QED) is 0.576. The summed E-state index contributed by atoms with van der Waals surface area (Å²) >= 11 is 0. The van der Waals surface area contributed by atoms with Gasteiger partial charge in [0.25, 0.3) is 0 Å². The van der Waals surface area contributed by atoms with Crippen LogP contribution in [0.3, 0.4) is 0 Å². The summed E-state index contributed by atoms with van der Waals surface area (Å²) in [4.78, 5) is 14.0. The zero-order chi connectivity index (χ0) is 15.2. The molecule has 4 heteroatoms. The fraction of sp³-hybridized carbons (Fsp3) is 0.938. The van der Waals surface area contributed by atoms with E-state index in [-0.39, 0.29) is 5.97 Å². The van der Waals surface area contributed by atoms with Crippen LogP contribution in [0.15, 0.2) is 0 Å². The van der Waals surface area contributed by atoms with Crippen LogP contribution in [0.2, 0.25) is 0 Å². The van der Waals surface area contributed by atoms with E-state index in [0.717, 1.165) is 19.4 Å². The lowest BCUT2D eigenvalue weighted by molar-refractivity contribution is -0.146. The Kier molecular flexibility index (Phi) is 6.46. The van der Waals surface area contributed by atoms with Crippen molar-refractivity contribution in [1.29, 1.82) is 0 Å². The second-order valence-electron chi connectivity index (χ2n) is 6.87. The van der Waals surface area contributed by atoms with E-state index in [1.807, 2.05) is 0 Å². The molecule has 1 saturated heterocycles. The first kappa shape index (κ1) is 17.4. The number of likely N-dealkylation sites (tertiary alicyclic amines) is 1. The van der Waals surface area contributed by atoms with Crippen LogP contribution in [-0.4, -0.2) is 43.2 Å². The van der Waals surface area contributed by atoms with Crippen molar-refractivity contribution < 1.29 is 9.53 Å². The van der Waals surface area contributed by atoms with Gasteiger partial charge in [0.15, 0.2) is 0 Å². The number of esters is 1. The van der Waals surface area contributed by atoms with Crippen LogP contribution in [0.25, 0.3) is 0 Å². The van der Waals surface area contributed by atoms with E-state index < -0.39 is 5.54 Å². The molecule has 1 heterocycles. The summed E-state index contributed by atoms with van der Waals surface area (Å²) in [6, 6.07) is 0. The van der Waals surface area contributed by atoms with E-state index in [0.29, 0.717) is 11.8 Å². The minimum Gasteiger partial charge on any atom is -0.468 e. The standard InChI is InChI=1S/C16H32N2O2/c1-5-15(2)9-12-18(13-10-15)11-7-6-8-16(3,17)14(19)20-4/h5-13,17H2,1-4H3. The fourth-order valence-corrected chi connectivity index (χ4v) is 2.83. The minimum atomic E-state index is -0.836. The number of hydrogen-bond donors (Lipinski definition) is 1. The summed E-state index contributed by atoms with van der Waals surface area (Å²) < 4.78 is 4.72. The molecule has 0 radical (unpaired) electrons. The minimum absolute atomic E-state index is 0.311. The molecule has 0 amide bonds. The van der Waals surface area contributed by atoms with Crippen molar-refractivity contribution in [1.82, 2.24) is 4.90 Å². The number of rotatable bonds is 7. The molecule has 0 saturated carbocycles. The van der Waals surface area contributed by atoms with Gasteiger partial charge in [0.2, 0.25) is 0 Å². The average molecular weight is 284 g/mol. The van der Waals surface area contributed by atoms with Gasteiger partial charge in [0.1, 0.15) is 5.54 Å². The second kappa shape index (κ2) is 7.41. The Morgan fingerprint density at radius 3 is 2.45 bits per heavy atom. The number of carbonyl (C=O) groups is 1. The predicted molar refractivity (Wildman–Crippen MR) is 82.5 cm³/mol. The average Bonchev–Trinajstić information content (AvgIpc) is 2.44. The summed E-state index contributed by atoms with van der Waals surface area (Å²) in [6.45, 7) is 10.00. The van der Waals surface area contributed by atoms with Crippen molar-refractivity contribution in [2.24, 2.45) is 11.1 Å². The van der Waals surface area contributed by atoms with Crippen LogP contribution < -0.4 is 5.73 Å². The molecular formula is C16H32N2O2. The Labute approximate surface area is 124 Å². The van der Waals surface area contributed by atoms with Gasteiger partial charge in [-0.1, -0.05) is 20.3 Å². The smallest absolute Gasteiger partial charge is 0.325 e. The van der Waals surface area contributed by atoms with Gasteiger partial charge < -0.3 is 15.4 Å². The van der Waals surface area contributed by atoms with Gasteiger partial charge in [0.05, 0.1) is 7.11 Å². The normalized spacial score (nSPS) is 22.2. The molecule has 1 unspecified atom stereocenters. The largest absolute Gasteiger partial charge is 0.468 e. The number of hydrogen-bond acceptors (Lipinski definition) is 4. The molecule has 1 aliphatic rings. The molecule has 0 aromatic rings. The van der Waals surface area contributed by atoms with Crippen molar-refractivity contribution >= 4 is 5.97 Å². The number of piperidine rings is 1. The van der Waals surface area contributed by atoms with Crippen LogP contribution in [0.5, 0.6) is 0 Å². The van der Waals surface area contributed by atoms with E-state index in [2.05, 4.69) is 18.7 Å². The van der Waals surface area contributed by atoms with Crippen LogP contribution in [-0.2, 0) is 9.53 Å². The molecule has 4 nitrogen and oxygen atoms in total. The van der Waals surface area contributed by atoms with E-state index in [4.69, 9.17) is 10.5 Å². The van der Waals surface area contributed by atoms with Gasteiger partial charge in [-0.25, -0.2) is 0 Å². The van der Waals surface area contributed by atoms with Gasteiger partial charge in [-0.05, 0) is 64.1 Å². The van der Waals surface area contributed by atoms with Crippen molar-refractivity contribution in [2.75, 3.05) is 26.7 Å². The SMILES string of the molecule is CCC1(C)CCN(CCCCC(C)(N)C(=O)OC)CC1. The number of nitrogens with zero attached hydrogens (tertiary/aromatic N) is 1. The Bertz CT molecular complexity index is 308. The highest BCUT2D eigenvalue weighted by molar-refractivity contribution is 5.79. The molecule has 0 aromatic carbocycles. The number of carbonyl (C=O) groups excluding carboxylic acids is 1. The maximum absolute atomic E-state index is 11.5. The molecule has 1 aliphatic heterocycles. The summed E-state index contributed by atoms with van der Waals surface area (Å²) in [5, 5.41) is 0. The zero-order valence-corrected chi connectivity index (χ0v) is 13.7. The number of unbranched alkanes of at least 4 members (excludes halogenated alkanes) is 1. The Morgan fingerprint density at radius 1 is 1.35 bits per heavy atom. The van der Waals surface area contributed by atoms with Gasteiger partial charge in [-0.2, -0.15) is 0 Å². The highest BCUT2D eigenvalue weighted by atomic mass is 16.5. The predicted octanol–water partition coefficient (Wildman–Crippen LogP) is 2.56. The lowest BCUT2D eigenvalue weighted by atomic mass is 9.78. The van der Waals surface area contributed by atoms with Crippen LogP contribution in [0.1, 0.15) is 59.3 Å². The highest BCUT2D eigenvalue weighted by Gasteiger charge is 2.30. The molecule has 1 atom stereocenters. The van der Waals surface area contributed by atoms with Crippen molar-refractivity contribution in [3.05, 3.63) is 0 Å². The van der Waals surface area contributed by atoms with Gasteiger partial charge in [0, 0.05) is 0 Å². The molecule has 1 rings (SSSR count). The summed E-state index contributed by atoms with van der Waals surface area (Å²) in [6.07, 6.45) is 6.67. The van der Waals surface area contributed by atoms with E-state index in [1.165, 1.54) is 39.5 Å². The van der Waals surface area contributed by atoms with Gasteiger partial charge >= 0.3 is 5.97 Å². The number of ether oxygens (including phenoxy) is 1.